The van der Waals surface area contributed by atoms with Crippen LogP contribution in [0.1, 0.15) is 51.9 Å². The molecule has 152 valence electrons. The lowest BCUT2D eigenvalue weighted by Gasteiger charge is -2.19. The topological polar surface area (TPSA) is 98.0 Å². The van der Waals surface area contributed by atoms with Crippen molar-refractivity contribution in [2.24, 2.45) is 11.8 Å². The summed E-state index contributed by atoms with van der Waals surface area (Å²) in [4.78, 5) is 10.4. The van der Waals surface area contributed by atoms with Gasteiger partial charge in [0, 0.05) is 18.8 Å². The Bertz CT molecular complexity index is 535. The molecule has 27 heavy (non-hydrogen) atoms. The molecule has 0 spiro atoms. The van der Waals surface area contributed by atoms with Crippen molar-refractivity contribution >= 4 is 5.97 Å². The molecule has 5 nitrogen and oxygen atoms in total. The van der Waals surface area contributed by atoms with Gasteiger partial charge in [-0.25, -0.2) is 0 Å². The lowest BCUT2D eigenvalue weighted by atomic mass is 9.89. The molecule has 0 aromatic rings. The summed E-state index contributed by atoms with van der Waals surface area (Å²) in [6, 6.07) is 0. The minimum Gasteiger partial charge on any atom is -0.481 e. The smallest absolute Gasteiger partial charge is 0.303 e. The van der Waals surface area contributed by atoms with Crippen molar-refractivity contribution < 1.29 is 25.2 Å². The molecule has 0 aromatic carbocycles. The van der Waals surface area contributed by atoms with Gasteiger partial charge < -0.3 is 20.4 Å². The van der Waals surface area contributed by atoms with Crippen molar-refractivity contribution in [3.63, 3.8) is 0 Å². The van der Waals surface area contributed by atoms with Crippen LogP contribution < -0.4 is 0 Å². The van der Waals surface area contributed by atoms with Gasteiger partial charge in [0.2, 0.25) is 0 Å². The van der Waals surface area contributed by atoms with Gasteiger partial charge in [-0.3, -0.25) is 4.79 Å². The van der Waals surface area contributed by atoms with Gasteiger partial charge in [-0.2, -0.15) is 0 Å². The summed E-state index contributed by atoms with van der Waals surface area (Å²) in [7, 11) is 0. The van der Waals surface area contributed by atoms with Gasteiger partial charge in [0.1, 0.15) is 0 Å². The highest BCUT2D eigenvalue weighted by atomic mass is 16.4. The van der Waals surface area contributed by atoms with Gasteiger partial charge >= 0.3 is 5.97 Å². The molecule has 0 radical (unpaired) electrons. The Morgan fingerprint density at radius 1 is 1.07 bits per heavy atom. The average Bonchev–Trinajstić information content (AvgIpc) is 2.88. The summed E-state index contributed by atoms with van der Waals surface area (Å²) >= 11 is 0. The highest BCUT2D eigenvalue weighted by Gasteiger charge is 2.39. The number of rotatable bonds is 12. The van der Waals surface area contributed by atoms with E-state index in [1.165, 1.54) is 0 Å². The molecule has 1 saturated carbocycles. The number of carboxylic acids is 1. The van der Waals surface area contributed by atoms with Crippen LogP contribution in [0.2, 0.25) is 0 Å². The summed E-state index contributed by atoms with van der Waals surface area (Å²) in [5, 5.41) is 39.0. The van der Waals surface area contributed by atoms with E-state index in [0.29, 0.717) is 25.7 Å². The summed E-state index contributed by atoms with van der Waals surface area (Å²) in [5.74, 6) is -1.07. The maximum Gasteiger partial charge on any atom is 0.303 e. The van der Waals surface area contributed by atoms with Crippen LogP contribution in [-0.4, -0.2) is 44.7 Å². The highest BCUT2D eigenvalue weighted by Crippen LogP contribution is 2.36. The average molecular weight is 379 g/mol. The van der Waals surface area contributed by atoms with Crippen molar-refractivity contribution in [1.29, 1.82) is 0 Å². The molecule has 0 unspecified atom stereocenters. The number of allylic oxidation sites excluding steroid dienone is 5. The Kier molecular flexibility index (Phi) is 11.7. The molecule has 0 amide bonds. The number of hydrogen-bond acceptors (Lipinski definition) is 4. The van der Waals surface area contributed by atoms with E-state index < -0.39 is 24.3 Å². The van der Waals surface area contributed by atoms with Crippen LogP contribution in [0, 0.1) is 11.8 Å². The Morgan fingerprint density at radius 2 is 1.81 bits per heavy atom. The molecule has 1 rings (SSSR count). The van der Waals surface area contributed by atoms with Gasteiger partial charge in [0.15, 0.2) is 0 Å². The third-order valence-electron chi connectivity index (χ3n) is 4.79. The van der Waals surface area contributed by atoms with Crippen molar-refractivity contribution in [3.8, 4) is 0 Å². The van der Waals surface area contributed by atoms with Crippen LogP contribution in [-0.2, 0) is 4.79 Å². The van der Waals surface area contributed by atoms with Crippen LogP contribution in [0.4, 0.5) is 0 Å². The van der Waals surface area contributed by atoms with E-state index in [-0.39, 0.29) is 18.3 Å². The molecular weight excluding hydrogens is 344 g/mol. The molecule has 1 aliphatic carbocycles. The third-order valence-corrected chi connectivity index (χ3v) is 4.79. The second-order valence-corrected chi connectivity index (χ2v) is 7.03. The fourth-order valence-electron chi connectivity index (χ4n) is 3.29. The monoisotopic (exact) mass is 378 g/mol. The van der Waals surface area contributed by atoms with Gasteiger partial charge in [-0.15, -0.1) is 0 Å². The van der Waals surface area contributed by atoms with E-state index >= 15 is 0 Å². The first-order valence-corrected chi connectivity index (χ1v) is 9.85. The zero-order valence-corrected chi connectivity index (χ0v) is 16.2. The van der Waals surface area contributed by atoms with E-state index in [2.05, 4.69) is 25.2 Å². The fraction of sp³-hybridized carbons (Fsp3) is 0.591. The van der Waals surface area contributed by atoms with E-state index in [1.54, 1.807) is 18.2 Å². The second kappa shape index (κ2) is 13.5. The van der Waals surface area contributed by atoms with Crippen LogP contribution >= 0.6 is 0 Å². The Balaban J connectivity index is 2.49. The highest BCUT2D eigenvalue weighted by molar-refractivity contribution is 5.66. The molecule has 1 fully saturated rings. The van der Waals surface area contributed by atoms with Crippen LogP contribution in [0.3, 0.4) is 0 Å². The zero-order valence-electron chi connectivity index (χ0n) is 16.2. The van der Waals surface area contributed by atoms with Crippen molar-refractivity contribution in [2.45, 2.75) is 70.2 Å². The van der Waals surface area contributed by atoms with Crippen molar-refractivity contribution in [1.82, 2.24) is 0 Å². The van der Waals surface area contributed by atoms with Crippen LogP contribution in [0.15, 0.2) is 48.6 Å². The molecule has 1 aliphatic rings. The van der Waals surface area contributed by atoms with Crippen molar-refractivity contribution in [3.05, 3.63) is 48.6 Å². The standard InChI is InChI=1S/C22H34O5/c1-2-3-4-5-6-9-12-18-19(21(25)16-20(18)24)15-14-17(23)11-8-7-10-13-22(26)27/h3-4,6-9,14-15,17-21,23-25H,2,5,10-13,16H2,1H3,(H,26,27)/b4-3-,8-7-,9-6-,15-14+/t17-,18+,19+,20-,21+/m1/s1. The van der Waals surface area contributed by atoms with E-state index in [1.807, 2.05) is 12.2 Å². The van der Waals surface area contributed by atoms with Gasteiger partial charge in [0.25, 0.3) is 0 Å². The normalized spacial score (nSPS) is 27.6. The molecule has 5 atom stereocenters. The summed E-state index contributed by atoms with van der Waals surface area (Å²) < 4.78 is 0. The molecule has 0 bridgehead atoms. The molecule has 5 heteroatoms. The number of aliphatic carboxylic acids is 1. The summed E-state index contributed by atoms with van der Waals surface area (Å²) in [6.07, 6.45) is 17.4. The largest absolute Gasteiger partial charge is 0.481 e. The van der Waals surface area contributed by atoms with E-state index in [4.69, 9.17) is 5.11 Å². The van der Waals surface area contributed by atoms with Gasteiger partial charge in [-0.1, -0.05) is 55.5 Å². The number of aliphatic hydroxyl groups is 3. The molecular formula is C22H34O5. The van der Waals surface area contributed by atoms with E-state index in [9.17, 15) is 20.1 Å². The second-order valence-electron chi connectivity index (χ2n) is 7.03. The lowest BCUT2D eigenvalue weighted by molar-refractivity contribution is -0.136. The maximum atomic E-state index is 10.4. The minimum atomic E-state index is -0.838. The summed E-state index contributed by atoms with van der Waals surface area (Å²) in [5.41, 5.74) is 0. The number of carboxylic acid groups (broad SMARTS) is 1. The summed E-state index contributed by atoms with van der Waals surface area (Å²) in [6.45, 7) is 2.09. The minimum absolute atomic E-state index is 0.0547. The zero-order chi connectivity index (χ0) is 20.1. The van der Waals surface area contributed by atoms with E-state index in [0.717, 1.165) is 12.8 Å². The first-order valence-electron chi connectivity index (χ1n) is 9.85. The Morgan fingerprint density at radius 3 is 2.52 bits per heavy atom. The number of hydrogen-bond donors (Lipinski definition) is 4. The van der Waals surface area contributed by atoms with Crippen LogP contribution in [0.5, 0.6) is 0 Å². The molecule has 0 aliphatic heterocycles. The molecule has 0 aromatic heterocycles. The van der Waals surface area contributed by atoms with Crippen molar-refractivity contribution in [2.75, 3.05) is 0 Å². The van der Waals surface area contributed by atoms with Gasteiger partial charge in [-0.05, 0) is 38.0 Å². The fourth-order valence-corrected chi connectivity index (χ4v) is 3.29. The number of aliphatic hydroxyl groups excluding tert-OH is 3. The molecule has 0 saturated heterocycles. The maximum absolute atomic E-state index is 10.4. The predicted octanol–water partition coefficient (Wildman–Crippen LogP) is 3.38. The number of carbonyl (C=O) groups is 1. The van der Waals surface area contributed by atoms with Crippen LogP contribution in [0.25, 0.3) is 0 Å². The Labute approximate surface area is 162 Å². The van der Waals surface area contributed by atoms with Gasteiger partial charge in [0.05, 0.1) is 18.3 Å². The lowest BCUT2D eigenvalue weighted by Crippen LogP contribution is -2.20. The third kappa shape index (κ3) is 9.70. The molecule has 0 heterocycles. The quantitative estimate of drug-likeness (QED) is 0.390. The predicted molar refractivity (Wildman–Crippen MR) is 107 cm³/mol. The SMILES string of the molecule is CC/C=C\C/C=C\C[C@H]1[C@H](/C=C/[C@H](O)C/C=C\CCC(=O)O)[C@@H](O)C[C@H]1O. The first-order chi connectivity index (χ1) is 13.0. The molecule has 4 N–H and O–H groups in total. The first kappa shape index (κ1) is 23.3. The Hall–Kier alpha value is -1.69.